The summed E-state index contributed by atoms with van der Waals surface area (Å²) in [7, 11) is 0. The molecule has 0 bridgehead atoms. The first-order chi connectivity index (χ1) is 0. The van der Waals surface area contributed by atoms with Gasteiger partial charge in [-0.3, -0.25) is 0 Å². The van der Waals surface area contributed by atoms with Crippen molar-refractivity contribution in [1.82, 2.24) is 0 Å². The van der Waals surface area contributed by atoms with E-state index in [4.69, 9.17) is 0 Å². The Balaban J connectivity index is 0. The number of rotatable bonds is 0. The average Bonchev–Trinajstić information content (AvgIpc) is 0. The minimum absolute atomic E-state index is 0. The van der Waals surface area contributed by atoms with Crippen molar-refractivity contribution in [2.24, 2.45) is 0 Å². The van der Waals surface area contributed by atoms with E-state index in [2.05, 4.69) is 0 Å². The summed E-state index contributed by atoms with van der Waals surface area (Å²) < 4.78 is 0. The SMILES string of the molecule is [Al].[Fe].[Mg].[Si].[Zr]. The van der Waals surface area contributed by atoms with Crippen molar-refractivity contribution in [3.05, 3.63) is 0 Å². The van der Waals surface area contributed by atoms with E-state index in [1.807, 2.05) is 0 Å². The summed E-state index contributed by atoms with van der Waals surface area (Å²) in [6.07, 6.45) is 0. The monoisotopic (exact) mass is 225 g/mol. The zero-order valence-corrected chi connectivity index (χ0v) is 9.77. The third kappa shape index (κ3) is 19.7. The molecule has 0 aliphatic heterocycles. The fraction of sp³-hybridized carbons (Fsp3) is 0. The van der Waals surface area contributed by atoms with Crippen LogP contribution in [-0.4, -0.2) is 51.4 Å². The molecule has 9 radical (unpaired) electrons. The molecular weight excluding hydrogens is 226 g/mol. The van der Waals surface area contributed by atoms with E-state index in [-0.39, 0.29) is 94.7 Å². The summed E-state index contributed by atoms with van der Waals surface area (Å²) in [6, 6.07) is 0. The maximum absolute atomic E-state index is 0. The van der Waals surface area contributed by atoms with Crippen LogP contribution in [0.15, 0.2) is 0 Å². The molecule has 0 aliphatic carbocycles. The second kappa shape index (κ2) is 28.5. The molecule has 0 saturated carbocycles. The van der Waals surface area contributed by atoms with Gasteiger partial charge in [0, 0.05) is 94.7 Å². The second-order valence-electron chi connectivity index (χ2n) is 0. The number of hydrogen-bond donors (Lipinski definition) is 0. The fourth-order valence-electron chi connectivity index (χ4n) is 0. The van der Waals surface area contributed by atoms with E-state index in [0.717, 1.165) is 0 Å². The summed E-state index contributed by atoms with van der Waals surface area (Å²) in [5, 5.41) is 0. The number of hydrogen-bond acceptors (Lipinski definition) is 0. The van der Waals surface area contributed by atoms with Gasteiger partial charge in [-0.2, -0.15) is 0 Å². The van der Waals surface area contributed by atoms with Crippen molar-refractivity contribution in [3.63, 3.8) is 0 Å². The molecule has 0 saturated heterocycles. The average molecular weight is 226 g/mol. The van der Waals surface area contributed by atoms with Gasteiger partial charge < -0.3 is 0 Å². The van der Waals surface area contributed by atoms with Crippen LogP contribution in [0, 0.1) is 0 Å². The maximum Gasteiger partial charge on any atom is 0 e. The Kier molecular flexibility index (Phi) is 253. The molecule has 5 heteroatoms. The smallest absolute Gasteiger partial charge is 0 e. The molecule has 0 amide bonds. The van der Waals surface area contributed by atoms with Gasteiger partial charge in [0.2, 0.25) is 0 Å². The first-order valence-corrected chi connectivity index (χ1v) is 0. The standard InChI is InChI=1S/Al.Fe.Mg.Si.Zr. The molecular formula is AlFeMgSiZr. The quantitative estimate of drug-likeness (QED) is 0.458. The van der Waals surface area contributed by atoms with Crippen LogP contribution in [0.2, 0.25) is 0 Å². The van der Waals surface area contributed by atoms with E-state index < -0.39 is 0 Å². The van der Waals surface area contributed by atoms with Gasteiger partial charge in [0.15, 0.2) is 0 Å². The largest absolute Gasteiger partial charge is 0 e. The van der Waals surface area contributed by atoms with Gasteiger partial charge in [-0.1, -0.05) is 0 Å². The van der Waals surface area contributed by atoms with Gasteiger partial charge in [0.05, 0.1) is 0 Å². The van der Waals surface area contributed by atoms with E-state index in [9.17, 15) is 0 Å². The Morgan fingerprint density at radius 2 is 1.00 bits per heavy atom. The predicted molar refractivity (Wildman–Crippen MR) is 17.3 cm³/mol. The summed E-state index contributed by atoms with van der Waals surface area (Å²) in [5.74, 6) is 0. The van der Waals surface area contributed by atoms with Gasteiger partial charge in [-0.15, -0.1) is 0 Å². The van der Waals surface area contributed by atoms with Crippen molar-refractivity contribution in [1.29, 1.82) is 0 Å². The molecule has 0 aliphatic rings. The van der Waals surface area contributed by atoms with Crippen LogP contribution >= 0.6 is 0 Å². The first kappa shape index (κ1) is 44.5. The van der Waals surface area contributed by atoms with Crippen molar-refractivity contribution in [2.75, 3.05) is 0 Å². The van der Waals surface area contributed by atoms with Crippen molar-refractivity contribution in [3.8, 4) is 0 Å². The predicted octanol–water partition coefficient (Wildman–Crippen LogP) is -1.15. The molecule has 0 heterocycles. The molecule has 0 rings (SSSR count). The van der Waals surface area contributed by atoms with Gasteiger partial charge in [-0.25, -0.2) is 0 Å². The van der Waals surface area contributed by atoms with Crippen LogP contribution in [0.3, 0.4) is 0 Å². The molecule has 0 atom stereocenters. The third-order valence-corrected chi connectivity index (χ3v) is 0. The molecule has 0 fully saturated rings. The Hall–Kier alpha value is 2.92. The van der Waals surface area contributed by atoms with Gasteiger partial charge in [-0.05, 0) is 0 Å². The molecule has 0 nitrogen and oxygen atoms in total. The Morgan fingerprint density at radius 1 is 1.00 bits per heavy atom. The van der Waals surface area contributed by atoms with Crippen LogP contribution in [0.4, 0.5) is 0 Å². The zero-order chi connectivity index (χ0) is 0. The van der Waals surface area contributed by atoms with Crippen LogP contribution in [0.25, 0.3) is 0 Å². The Bertz CT molecular complexity index is 11.6. The fourth-order valence-corrected chi connectivity index (χ4v) is 0. The molecule has 0 spiro atoms. The van der Waals surface area contributed by atoms with Gasteiger partial charge in [0.1, 0.15) is 0 Å². The molecule has 5 heavy (non-hydrogen) atoms. The van der Waals surface area contributed by atoms with E-state index in [1.54, 1.807) is 0 Å². The second-order valence-corrected chi connectivity index (χ2v) is 0. The molecule has 0 aromatic carbocycles. The third-order valence-electron chi connectivity index (χ3n) is 0. The first-order valence-electron chi connectivity index (χ1n) is 0. The normalized spacial score (nSPS) is 0. The van der Waals surface area contributed by atoms with Crippen molar-refractivity contribution in [2.45, 2.75) is 0 Å². The van der Waals surface area contributed by atoms with Gasteiger partial charge in [0.25, 0.3) is 0 Å². The van der Waals surface area contributed by atoms with Gasteiger partial charge >= 0.3 is 0 Å². The molecule has 21 valence electrons. The van der Waals surface area contributed by atoms with Crippen LogP contribution < -0.4 is 0 Å². The van der Waals surface area contributed by atoms with E-state index in [1.165, 1.54) is 0 Å². The minimum atomic E-state index is 0. The molecule has 0 aromatic rings. The van der Waals surface area contributed by atoms with Crippen LogP contribution in [0.5, 0.6) is 0 Å². The molecule has 0 aromatic heterocycles. The molecule has 0 unspecified atom stereocenters. The Labute approximate surface area is 93.1 Å². The summed E-state index contributed by atoms with van der Waals surface area (Å²) in [5.41, 5.74) is 0. The minimum Gasteiger partial charge on any atom is 0 e. The molecule has 0 N–H and O–H groups in total. The Morgan fingerprint density at radius 3 is 1.00 bits per heavy atom. The van der Waals surface area contributed by atoms with E-state index >= 15 is 0 Å². The zero-order valence-electron chi connectivity index (χ0n) is 2.64. The van der Waals surface area contributed by atoms with Crippen molar-refractivity contribution >= 4 is 51.4 Å². The summed E-state index contributed by atoms with van der Waals surface area (Å²) in [6.45, 7) is 0. The summed E-state index contributed by atoms with van der Waals surface area (Å²) in [4.78, 5) is 0. The van der Waals surface area contributed by atoms with Crippen molar-refractivity contribution < 1.29 is 43.3 Å². The topological polar surface area (TPSA) is 0 Å². The van der Waals surface area contributed by atoms with E-state index in [0.29, 0.717) is 0 Å². The van der Waals surface area contributed by atoms with Crippen LogP contribution in [0.1, 0.15) is 0 Å². The van der Waals surface area contributed by atoms with Crippen LogP contribution in [-0.2, 0) is 43.3 Å². The maximum atomic E-state index is 0. The summed E-state index contributed by atoms with van der Waals surface area (Å²) >= 11 is 0.